The van der Waals surface area contributed by atoms with E-state index in [-0.39, 0.29) is 29.8 Å². The quantitative estimate of drug-likeness (QED) is 0.273. The Hall–Kier alpha value is -2.17. The van der Waals surface area contributed by atoms with E-state index in [1.807, 2.05) is 16.8 Å². The molecule has 7 nitrogen and oxygen atoms in total. The Labute approximate surface area is 174 Å². The van der Waals surface area contributed by atoms with Crippen molar-refractivity contribution in [1.82, 2.24) is 30.4 Å². The van der Waals surface area contributed by atoms with Gasteiger partial charge in [0.15, 0.2) is 5.96 Å². The third-order valence-electron chi connectivity index (χ3n) is 4.30. The molecule has 0 saturated heterocycles. The molecule has 2 heterocycles. The number of benzene rings is 1. The number of halogens is 2. The Bertz CT molecular complexity index is 887. The third kappa shape index (κ3) is 5.41. The predicted octanol–water partition coefficient (Wildman–Crippen LogP) is 2.49. The van der Waals surface area contributed by atoms with Crippen LogP contribution in [0.2, 0.25) is 0 Å². The SMILES string of the molecule is CCc1nncn1CCNC(=NC)NCCc1c[nH]c2cc(F)ccc12.I. The summed E-state index contributed by atoms with van der Waals surface area (Å²) in [6, 6.07) is 4.82. The van der Waals surface area contributed by atoms with Crippen LogP contribution in [0.5, 0.6) is 0 Å². The zero-order valence-corrected chi connectivity index (χ0v) is 17.8. The lowest BCUT2D eigenvalue weighted by Crippen LogP contribution is -2.39. The maximum atomic E-state index is 13.3. The fraction of sp³-hybridized carbons (Fsp3) is 0.389. The number of H-pyrrole nitrogens is 1. The van der Waals surface area contributed by atoms with Crippen LogP contribution in [0.3, 0.4) is 0 Å². The maximum Gasteiger partial charge on any atom is 0.191 e. The van der Waals surface area contributed by atoms with Crippen molar-refractivity contribution in [1.29, 1.82) is 0 Å². The van der Waals surface area contributed by atoms with E-state index in [0.717, 1.165) is 60.7 Å². The molecule has 27 heavy (non-hydrogen) atoms. The zero-order valence-electron chi connectivity index (χ0n) is 15.5. The zero-order chi connectivity index (χ0) is 18.4. The van der Waals surface area contributed by atoms with Crippen molar-refractivity contribution >= 4 is 40.8 Å². The van der Waals surface area contributed by atoms with Gasteiger partial charge < -0.3 is 20.2 Å². The van der Waals surface area contributed by atoms with Crippen molar-refractivity contribution in [2.24, 2.45) is 4.99 Å². The number of rotatable bonds is 7. The standard InChI is InChI=1S/C18H24FN7.HI/c1-3-17-25-24-12-26(17)9-8-22-18(20-2)21-7-6-13-11-23-16-10-14(19)4-5-15(13)16;/h4-5,10-12,23H,3,6-9H2,1-2H3,(H2,20,21,22);1H. The minimum Gasteiger partial charge on any atom is -0.361 e. The van der Waals surface area contributed by atoms with Gasteiger partial charge in [-0.25, -0.2) is 4.39 Å². The number of nitrogens with zero attached hydrogens (tertiary/aromatic N) is 4. The first kappa shape index (κ1) is 21.1. The highest BCUT2D eigenvalue weighted by atomic mass is 127. The molecule has 0 unspecified atom stereocenters. The van der Waals surface area contributed by atoms with E-state index in [4.69, 9.17) is 0 Å². The van der Waals surface area contributed by atoms with Gasteiger partial charge in [-0.15, -0.1) is 34.2 Å². The molecule has 0 radical (unpaired) electrons. The lowest BCUT2D eigenvalue weighted by molar-refractivity contribution is 0.629. The molecule has 0 fully saturated rings. The van der Waals surface area contributed by atoms with Gasteiger partial charge in [-0.3, -0.25) is 4.99 Å². The molecule has 0 spiro atoms. The van der Waals surface area contributed by atoms with Crippen LogP contribution < -0.4 is 10.6 Å². The van der Waals surface area contributed by atoms with E-state index >= 15 is 0 Å². The van der Waals surface area contributed by atoms with Crippen molar-refractivity contribution in [2.45, 2.75) is 26.3 Å². The van der Waals surface area contributed by atoms with Crippen LogP contribution in [0.1, 0.15) is 18.3 Å². The second-order valence-corrected chi connectivity index (χ2v) is 5.97. The fourth-order valence-electron chi connectivity index (χ4n) is 2.94. The molecule has 9 heteroatoms. The number of aryl methyl sites for hydroxylation is 1. The highest BCUT2D eigenvalue weighted by Crippen LogP contribution is 2.19. The number of aromatic nitrogens is 4. The predicted molar refractivity (Wildman–Crippen MR) is 116 cm³/mol. The van der Waals surface area contributed by atoms with Crippen LogP contribution >= 0.6 is 24.0 Å². The molecule has 3 rings (SSSR count). The largest absolute Gasteiger partial charge is 0.361 e. The van der Waals surface area contributed by atoms with Crippen LogP contribution in [0.25, 0.3) is 10.9 Å². The summed E-state index contributed by atoms with van der Waals surface area (Å²) >= 11 is 0. The van der Waals surface area contributed by atoms with Gasteiger partial charge in [-0.05, 0) is 30.2 Å². The number of hydrogen-bond acceptors (Lipinski definition) is 3. The molecule has 3 N–H and O–H groups in total. The lowest BCUT2D eigenvalue weighted by Gasteiger charge is -2.12. The summed E-state index contributed by atoms with van der Waals surface area (Å²) in [5, 5.41) is 15.6. The first-order chi connectivity index (χ1) is 12.7. The summed E-state index contributed by atoms with van der Waals surface area (Å²) in [4.78, 5) is 7.35. The molecule has 0 amide bonds. The molecule has 0 aliphatic heterocycles. The Morgan fingerprint density at radius 2 is 2.11 bits per heavy atom. The van der Waals surface area contributed by atoms with E-state index < -0.39 is 0 Å². The smallest absolute Gasteiger partial charge is 0.191 e. The molecular weight excluding hydrogens is 460 g/mol. The van der Waals surface area contributed by atoms with E-state index in [2.05, 4.69) is 37.7 Å². The lowest BCUT2D eigenvalue weighted by atomic mass is 10.1. The Morgan fingerprint density at radius 3 is 2.89 bits per heavy atom. The van der Waals surface area contributed by atoms with Gasteiger partial charge in [0.25, 0.3) is 0 Å². The molecule has 2 aromatic heterocycles. The third-order valence-corrected chi connectivity index (χ3v) is 4.30. The number of hydrogen-bond donors (Lipinski definition) is 3. The molecule has 3 aromatic rings. The summed E-state index contributed by atoms with van der Waals surface area (Å²) in [5.74, 6) is 1.50. The summed E-state index contributed by atoms with van der Waals surface area (Å²) in [5.41, 5.74) is 1.98. The van der Waals surface area contributed by atoms with Crippen molar-refractivity contribution in [3.8, 4) is 0 Å². The second-order valence-electron chi connectivity index (χ2n) is 5.97. The molecule has 0 aliphatic carbocycles. The molecule has 1 aromatic carbocycles. The van der Waals surface area contributed by atoms with Crippen LogP contribution in [-0.4, -0.2) is 45.8 Å². The Morgan fingerprint density at radius 1 is 1.30 bits per heavy atom. The Balaban J connectivity index is 0.00000261. The fourth-order valence-corrected chi connectivity index (χ4v) is 2.94. The monoisotopic (exact) mass is 485 g/mol. The first-order valence-electron chi connectivity index (χ1n) is 8.78. The highest BCUT2D eigenvalue weighted by Gasteiger charge is 2.06. The van der Waals surface area contributed by atoms with Crippen molar-refractivity contribution in [3.63, 3.8) is 0 Å². The summed E-state index contributed by atoms with van der Waals surface area (Å²) in [7, 11) is 1.75. The molecule has 0 atom stereocenters. The molecular formula is C18H25FIN7. The van der Waals surface area contributed by atoms with Gasteiger partial charge in [0.2, 0.25) is 0 Å². The summed E-state index contributed by atoms with van der Waals surface area (Å²) < 4.78 is 15.3. The van der Waals surface area contributed by atoms with Crippen molar-refractivity contribution in [3.05, 3.63) is 47.9 Å². The number of nitrogens with one attached hydrogen (secondary N) is 3. The van der Waals surface area contributed by atoms with Gasteiger partial charge >= 0.3 is 0 Å². The van der Waals surface area contributed by atoms with Crippen LogP contribution in [0.4, 0.5) is 4.39 Å². The van der Waals surface area contributed by atoms with Crippen LogP contribution in [0.15, 0.2) is 35.7 Å². The second kappa shape index (κ2) is 10.2. The number of aliphatic imine (C=N–C) groups is 1. The summed E-state index contributed by atoms with van der Waals surface area (Å²) in [6.45, 7) is 4.31. The Kier molecular flexibility index (Phi) is 8.01. The minimum absolute atomic E-state index is 0. The number of guanidine groups is 1. The van der Waals surface area contributed by atoms with Gasteiger partial charge in [-0.1, -0.05) is 6.92 Å². The molecule has 0 saturated carbocycles. The van der Waals surface area contributed by atoms with Crippen LogP contribution in [0, 0.1) is 5.82 Å². The summed E-state index contributed by atoms with van der Waals surface area (Å²) in [6.07, 6.45) is 5.36. The molecule has 0 aliphatic rings. The minimum atomic E-state index is -0.229. The topological polar surface area (TPSA) is 82.9 Å². The van der Waals surface area contributed by atoms with Crippen molar-refractivity contribution < 1.29 is 4.39 Å². The normalized spacial score (nSPS) is 11.4. The van der Waals surface area contributed by atoms with E-state index in [0.29, 0.717) is 0 Å². The van der Waals surface area contributed by atoms with E-state index in [9.17, 15) is 4.39 Å². The molecule has 0 bridgehead atoms. The average molecular weight is 485 g/mol. The van der Waals surface area contributed by atoms with Gasteiger partial charge in [0.05, 0.1) is 0 Å². The number of aromatic amines is 1. The number of fused-ring (bicyclic) bond motifs is 1. The van der Waals surface area contributed by atoms with E-state index in [1.165, 1.54) is 12.1 Å². The molecule has 146 valence electrons. The first-order valence-corrected chi connectivity index (χ1v) is 8.78. The van der Waals surface area contributed by atoms with Gasteiger partial charge in [-0.2, -0.15) is 0 Å². The van der Waals surface area contributed by atoms with Gasteiger partial charge in [0, 0.05) is 50.2 Å². The van der Waals surface area contributed by atoms with Crippen molar-refractivity contribution in [2.75, 3.05) is 20.1 Å². The maximum absolute atomic E-state index is 13.3. The van der Waals surface area contributed by atoms with E-state index in [1.54, 1.807) is 13.4 Å². The van der Waals surface area contributed by atoms with Gasteiger partial charge in [0.1, 0.15) is 18.0 Å². The highest BCUT2D eigenvalue weighted by molar-refractivity contribution is 14.0. The average Bonchev–Trinajstić information content (AvgIpc) is 3.26. The van der Waals surface area contributed by atoms with Crippen LogP contribution in [-0.2, 0) is 19.4 Å².